The van der Waals surface area contributed by atoms with Crippen molar-refractivity contribution in [1.29, 1.82) is 0 Å². The van der Waals surface area contributed by atoms with Crippen molar-refractivity contribution in [3.63, 3.8) is 0 Å². The molecule has 3 heterocycles. The van der Waals surface area contributed by atoms with Gasteiger partial charge in [0.25, 0.3) is 5.91 Å². The average Bonchev–Trinajstić information content (AvgIpc) is 3.39. The second-order valence-electron chi connectivity index (χ2n) is 6.76. The van der Waals surface area contributed by atoms with Crippen LogP contribution in [0.1, 0.15) is 33.3 Å². The normalized spacial score (nSPS) is 15.4. The van der Waals surface area contributed by atoms with Crippen LogP contribution in [0.25, 0.3) is 10.9 Å². The molecule has 0 spiro atoms. The molecular formula is C21H18N6O2. The summed E-state index contributed by atoms with van der Waals surface area (Å²) in [6.45, 7) is 0.629. The predicted octanol–water partition coefficient (Wildman–Crippen LogP) is 2.92. The number of nitrogens with one attached hydrogen (secondary N) is 3. The molecule has 1 aliphatic heterocycles. The van der Waals surface area contributed by atoms with E-state index >= 15 is 0 Å². The number of aromatic nitrogens is 2. The third-order valence-corrected chi connectivity index (χ3v) is 4.92. The van der Waals surface area contributed by atoms with Gasteiger partial charge in [-0.2, -0.15) is 5.10 Å². The van der Waals surface area contributed by atoms with Gasteiger partial charge in [-0.1, -0.05) is 42.5 Å². The van der Waals surface area contributed by atoms with Crippen molar-refractivity contribution >= 4 is 28.3 Å². The topological polar surface area (TPSA) is 121 Å². The Bertz CT molecular complexity index is 1220. The quantitative estimate of drug-likeness (QED) is 0.430. The first-order valence-electron chi connectivity index (χ1n) is 9.16. The number of carbonyl (C=O) groups excluding carboxylic acids is 1. The summed E-state index contributed by atoms with van der Waals surface area (Å²) in [7, 11) is 0. The maximum absolute atomic E-state index is 11.7. The second-order valence-corrected chi connectivity index (χ2v) is 6.76. The van der Waals surface area contributed by atoms with Crippen LogP contribution in [-0.2, 0) is 6.54 Å². The molecule has 0 saturated heterocycles. The Kier molecular flexibility index (Phi) is 4.02. The van der Waals surface area contributed by atoms with Crippen molar-refractivity contribution in [2.45, 2.75) is 12.7 Å². The Balaban J connectivity index is 1.51. The van der Waals surface area contributed by atoms with E-state index < -0.39 is 12.1 Å². The third-order valence-electron chi connectivity index (χ3n) is 4.92. The highest BCUT2D eigenvalue weighted by molar-refractivity contribution is 6.06. The number of amides is 1. The number of H-pyrrole nitrogens is 1. The van der Waals surface area contributed by atoms with Gasteiger partial charge in [-0.3, -0.25) is 9.89 Å². The lowest BCUT2D eigenvalue weighted by atomic mass is 10.1. The van der Waals surface area contributed by atoms with E-state index in [1.165, 1.54) is 0 Å². The molecule has 0 saturated carbocycles. The first-order chi connectivity index (χ1) is 14.2. The maximum Gasteiger partial charge on any atom is 0.250 e. The summed E-state index contributed by atoms with van der Waals surface area (Å²) in [6.07, 6.45) is 2.85. The molecule has 2 aromatic heterocycles. The van der Waals surface area contributed by atoms with Gasteiger partial charge in [0.1, 0.15) is 24.1 Å². The van der Waals surface area contributed by atoms with Gasteiger partial charge < -0.3 is 20.8 Å². The Morgan fingerprint density at radius 2 is 2.00 bits per heavy atom. The first kappa shape index (κ1) is 17.1. The highest BCUT2D eigenvalue weighted by atomic mass is 16.3. The van der Waals surface area contributed by atoms with E-state index in [1.807, 2.05) is 24.3 Å². The van der Waals surface area contributed by atoms with E-state index in [0.717, 1.165) is 22.2 Å². The van der Waals surface area contributed by atoms with Crippen LogP contribution in [0.2, 0.25) is 0 Å². The lowest BCUT2D eigenvalue weighted by molar-refractivity contribution is 0.100. The molecule has 0 bridgehead atoms. The molecule has 8 heteroatoms. The molecule has 2 aromatic carbocycles. The standard InChI is InChI=1S/C21H18N6O2/c22-19(28)14-8-4-7-13-17(14)26-27-18(13)21-24-16-11-29-10-15(16)20(25-21)23-9-12-5-2-1-3-6-12/h1-8,10-11,21,24H,9H2,(H2,22,28)(H,23,25)(H,26,27). The first-order valence-corrected chi connectivity index (χ1v) is 9.16. The Hall–Kier alpha value is -4.07. The summed E-state index contributed by atoms with van der Waals surface area (Å²) in [4.78, 5) is 16.5. The number of hydrogen-bond donors (Lipinski definition) is 4. The number of rotatable bonds is 4. The number of carbonyl (C=O) groups is 1. The number of nitrogens with two attached hydrogens (primary N) is 1. The zero-order chi connectivity index (χ0) is 19.8. The monoisotopic (exact) mass is 386 g/mol. The largest absolute Gasteiger partial charge is 0.470 e. The van der Waals surface area contributed by atoms with Crippen molar-refractivity contribution in [2.75, 3.05) is 5.32 Å². The molecule has 5 N–H and O–H groups in total. The third kappa shape index (κ3) is 3.00. The number of para-hydroxylation sites is 1. The molecule has 0 aliphatic carbocycles. The number of anilines is 1. The molecule has 1 unspecified atom stereocenters. The summed E-state index contributed by atoms with van der Waals surface area (Å²) < 4.78 is 5.38. The highest BCUT2D eigenvalue weighted by Gasteiger charge is 2.27. The lowest BCUT2D eigenvalue weighted by Gasteiger charge is -2.22. The number of aliphatic imine (C=N–C) groups is 1. The van der Waals surface area contributed by atoms with Gasteiger partial charge in [0.2, 0.25) is 0 Å². The zero-order valence-corrected chi connectivity index (χ0v) is 15.3. The number of aromatic amines is 1. The van der Waals surface area contributed by atoms with Crippen LogP contribution < -0.4 is 16.4 Å². The van der Waals surface area contributed by atoms with E-state index in [9.17, 15) is 4.79 Å². The van der Waals surface area contributed by atoms with Crippen LogP contribution in [0.15, 0.2) is 70.5 Å². The van der Waals surface area contributed by atoms with Crippen molar-refractivity contribution in [2.24, 2.45) is 10.7 Å². The van der Waals surface area contributed by atoms with E-state index in [-0.39, 0.29) is 0 Å². The van der Waals surface area contributed by atoms with Crippen LogP contribution in [0.5, 0.6) is 0 Å². The molecule has 0 fully saturated rings. The second kappa shape index (κ2) is 6.83. The minimum absolute atomic E-state index is 0.396. The van der Waals surface area contributed by atoms with Crippen LogP contribution in [-0.4, -0.2) is 21.9 Å². The van der Waals surface area contributed by atoms with Gasteiger partial charge in [0, 0.05) is 11.9 Å². The van der Waals surface area contributed by atoms with Crippen LogP contribution in [0.4, 0.5) is 5.69 Å². The van der Waals surface area contributed by atoms with Gasteiger partial charge in [-0.25, -0.2) is 4.99 Å². The fourth-order valence-corrected chi connectivity index (χ4v) is 3.50. The highest BCUT2D eigenvalue weighted by Crippen LogP contribution is 2.33. The minimum atomic E-state index is -0.506. The molecule has 5 rings (SSSR count). The van der Waals surface area contributed by atoms with Gasteiger partial charge in [-0.05, 0) is 11.6 Å². The van der Waals surface area contributed by atoms with Gasteiger partial charge in [0.15, 0.2) is 6.17 Å². The molecular weight excluding hydrogens is 368 g/mol. The van der Waals surface area contributed by atoms with Crippen molar-refractivity contribution in [3.8, 4) is 0 Å². The zero-order valence-electron chi connectivity index (χ0n) is 15.3. The molecule has 8 nitrogen and oxygen atoms in total. The van der Waals surface area contributed by atoms with Crippen molar-refractivity contribution in [1.82, 2.24) is 15.5 Å². The van der Waals surface area contributed by atoms with E-state index in [0.29, 0.717) is 29.2 Å². The molecule has 1 amide bonds. The van der Waals surface area contributed by atoms with Gasteiger partial charge in [-0.15, -0.1) is 0 Å². The summed E-state index contributed by atoms with van der Waals surface area (Å²) >= 11 is 0. The molecule has 1 aliphatic rings. The number of hydrogen-bond acceptors (Lipinski definition) is 6. The van der Waals surface area contributed by atoms with E-state index in [4.69, 9.17) is 15.1 Å². The number of amidine groups is 1. The van der Waals surface area contributed by atoms with Crippen molar-refractivity contribution in [3.05, 3.63) is 83.4 Å². The molecule has 4 aromatic rings. The number of nitrogens with zero attached hydrogens (tertiary/aromatic N) is 2. The molecule has 29 heavy (non-hydrogen) atoms. The predicted molar refractivity (Wildman–Crippen MR) is 110 cm³/mol. The number of primary amides is 1. The average molecular weight is 386 g/mol. The van der Waals surface area contributed by atoms with E-state index in [2.05, 4.69) is 33.0 Å². The van der Waals surface area contributed by atoms with Gasteiger partial charge in [0.05, 0.1) is 22.3 Å². The van der Waals surface area contributed by atoms with Crippen LogP contribution in [0.3, 0.4) is 0 Å². The smallest absolute Gasteiger partial charge is 0.250 e. The minimum Gasteiger partial charge on any atom is -0.470 e. The maximum atomic E-state index is 11.7. The molecule has 0 radical (unpaired) electrons. The Morgan fingerprint density at radius 3 is 2.83 bits per heavy atom. The number of fused-ring (bicyclic) bond motifs is 2. The summed E-state index contributed by atoms with van der Waals surface area (Å²) in [5.41, 5.74) is 9.98. The SMILES string of the molecule is NC(=O)c1cccc2c(C3N=C(NCc4ccccc4)c4cocc4N3)n[nH]c12. The van der Waals surface area contributed by atoms with Crippen LogP contribution in [0, 0.1) is 0 Å². The Labute approximate surface area is 165 Å². The summed E-state index contributed by atoms with van der Waals surface area (Å²) in [6, 6.07) is 15.4. The lowest BCUT2D eigenvalue weighted by Crippen LogP contribution is -2.30. The summed E-state index contributed by atoms with van der Waals surface area (Å²) in [5.74, 6) is 0.205. The Morgan fingerprint density at radius 1 is 1.14 bits per heavy atom. The van der Waals surface area contributed by atoms with Crippen LogP contribution >= 0.6 is 0 Å². The molecule has 1 atom stereocenters. The number of benzene rings is 2. The number of furan rings is 1. The fourth-order valence-electron chi connectivity index (χ4n) is 3.50. The fraction of sp³-hybridized carbons (Fsp3) is 0.0952. The summed E-state index contributed by atoms with van der Waals surface area (Å²) in [5, 5.41) is 14.8. The van der Waals surface area contributed by atoms with E-state index in [1.54, 1.807) is 24.7 Å². The molecule has 144 valence electrons. The van der Waals surface area contributed by atoms with Gasteiger partial charge >= 0.3 is 0 Å². The van der Waals surface area contributed by atoms with Crippen molar-refractivity contribution < 1.29 is 9.21 Å².